The van der Waals surface area contributed by atoms with Crippen molar-refractivity contribution in [2.45, 2.75) is 32.4 Å². The van der Waals surface area contributed by atoms with Crippen molar-refractivity contribution in [3.05, 3.63) is 30.3 Å². The number of carbonyl (C=O) groups is 3. The maximum absolute atomic E-state index is 12.4. The third-order valence-corrected chi connectivity index (χ3v) is 6.48. The van der Waals surface area contributed by atoms with E-state index in [-0.39, 0.29) is 17.4 Å². The number of likely N-dealkylation sites (N-methyl/N-ethyl adjacent to an activating group) is 1. The van der Waals surface area contributed by atoms with Gasteiger partial charge in [-0.3, -0.25) is 4.79 Å². The molecule has 1 aromatic rings. The van der Waals surface area contributed by atoms with Crippen LogP contribution in [-0.4, -0.2) is 68.5 Å². The van der Waals surface area contributed by atoms with Crippen LogP contribution in [0, 0.1) is 5.92 Å². The molecular weight excluding hydrogens is 398 g/mol. The summed E-state index contributed by atoms with van der Waals surface area (Å²) in [5.41, 5.74) is 0.573. The monoisotopic (exact) mass is 425 g/mol. The van der Waals surface area contributed by atoms with E-state index in [1.165, 1.54) is 11.9 Å². The zero-order valence-corrected chi connectivity index (χ0v) is 17.6. The predicted octanol–water partition coefficient (Wildman–Crippen LogP) is 1.02. The third kappa shape index (κ3) is 6.74. The van der Waals surface area contributed by atoms with E-state index in [0.717, 1.165) is 0 Å². The molecular formula is C19H27N3O6S. The zero-order valence-electron chi connectivity index (χ0n) is 16.8. The van der Waals surface area contributed by atoms with Crippen LogP contribution in [0.25, 0.3) is 0 Å². The fourth-order valence-corrected chi connectivity index (χ4v) is 4.71. The van der Waals surface area contributed by atoms with Crippen molar-refractivity contribution in [3.8, 4) is 0 Å². The van der Waals surface area contributed by atoms with Crippen molar-refractivity contribution in [2.75, 3.05) is 30.5 Å². The second-order valence-corrected chi connectivity index (χ2v) is 9.58. The Morgan fingerprint density at radius 1 is 1.21 bits per heavy atom. The summed E-state index contributed by atoms with van der Waals surface area (Å²) in [7, 11) is -1.63. The van der Waals surface area contributed by atoms with Gasteiger partial charge in [-0.1, -0.05) is 32.0 Å². The molecule has 29 heavy (non-hydrogen) atoms. The van der Waals surface area contributed by atoms with E-state index >= 15 is 0 Å². The van der Waals surface area contributed by atoms with E-state index in [1.54, 1.807) is 38.1 Å². The first-order valence-electron chi connectivity index (χ1n) is 9.34. The van der Waals surface area contributed by atoms with Gasteiger partial charge in [0.15, 0.2) is 16.4 Å². The highest BCUT2D eigenvalue weighted by Gasteiger charge is 2.33. The predicted molar refractivity (Wildman–Crippen MR) is 108 cm³/mol. The number of esters is 1. The molecule has 10 heteroatoms. The van der Waals surface area contributed by atoms with Crippen molar-refractivity contribution >= 4 is 33.4 Å². The Morgan fingerprint density at radius 3 is 2.41 bits per heavy atom. The molecule has 9 nitrogen and oxygen atoms in total. The number of hydrogen-bond donors (Lipinski definition) is 2. The van der Waals surface area contributed by atoms with E-state index in [9.17, 15) is 22.8 Å². The maximum Gasteiger partial charge on any atom is 0.329 e. The fourth-order valence-electron chi connectivity index (χ4n) is 2.94. The van der Waals surface area contributed by atoms with Gasteiger partial charge in [-0.05, 0) is 24.5 Å². The van der Waals surface area contributed by atoms with Crippen LogP contribution in [0.4, 0.5) is 10.5 Å². The highest BCUT2D eigenvalue weighted by atomic mass is 32.2. The Kier molecular flexibility index (Phi) is 7.60. The molecule has 0 spiro atoms. The van der Waals surface area contributed by atoms with Crippen molar-refractivity contribution in [3.63, 3.8) is 0 Å². The smallest absolute Gasteiger partial charge is 0.329 e. The normalized spacial score (nSPS) is 18.7. The first-order valence-corrected chi connectivity index (χ1v) is 11.2. The Bertz CT molecular complexity index is 841. The number of benzene rings is 1. The summed E-state index contributed by atoms with van der Waals surface area (Å²) < 4.78 is 28.2. The summed E-state index contributed by atoms with van der Waals surface area (Å²) in [5.74, 6) is -1.53. The molecule has 0 saturated carbocycles. The summed E-state index contributed by atoms with van der Waals surface area (Å²) >= 11 is 0. The molecule has 1 fully saturated rings. The second kappa shape index (κ2) is 9.73. The number of sulfone groups is 1. The van der Waals surface area contributed by atoms with Crippen molar-refractivity contribution in [1.29, 1.82) is 0 Å². The Morgan fingerprint density at radius 2 is 1.86 bits per heavy atom. The molecule has 1 heterocycles. The van der Waals surface area contributed by atoms with E-state index in [1.807, 2.05) is 6.07 Å². The van der Waals surface area contributed by atoms with Crippen LogP contribution in [0.3, 0.4) is 0 Å². The minimum Gasteiger partial charge on any atom is -0.454 e. The standard InChI is InChI=1S/C19H27N3O6S/c1-13(2)17(21-19(25)20-14-7-5-4-6-8-14)18(24)28-11-16(23)22(3)15-9-10-29(26,27)12-15/h4-8,13,15,17H,9-12H2,1-3H3,(H2,20,21,25)/t15-,17-/m0/s1. The Labute approximate surface area is 170 Å². The van der Waals surface area contributed by atoms with Crippen LogP contribution in [0.15, 0.2) is 30.3 Å². The number of anilines is 1. The van der Waals surface area contributed by atoms with Gasteiger partial charge in [-0.25, -0.2) is 18.0 Å². The SMILES string of the molecule is CC(C)[C@H](NC(=O)Nc1ccccc1)C(=O)OCC(=O)N(C)[C@H]1CCS(=O)(=O)C1. The van der Waals surface area contributed by atoms with Gasteiger partial charge >= 0.3 is 12.0 Å². The quantitative estimate of drug-likeness (QED) is 0.629. The van der Waals surface area contributed by atoms with Gasteiger partial charge < -0.3 is 20.3 Å². The number of para-hydroxylation sites is 1. The first-order chi connectivity index (χ1) is 13.6. The van der Waals surface area contributed by atoms with Crippen LogP contribution in [0.1, 0.15) is 20.3 Å². The molecule has 1 aromatic carbocycles. The zero-order chi connectivity index (χ0) is 21.6. The summed E-state index contributed by atoms with van der Waals surface area (Å²) in [4.78, 5) is 38.1. The average Bonchev–Trinajstić information content (AvgIpc) is 3.03. The summed E-state index contributed by atoms with van der Waals surface area (Å²) in [6.07, 6.45) is 0.369. The molecule has 1 aliphatic rings. The summed E-state index contributed by atoms with van der Waals surface area (Å²) in [6.45, 7) is 2.97. The lowest BCUT2D eigenvalue weighted by atomic mass is 10.1. The molecule has 0 aromatic heterocycles. The fraction of sp³-hybridized carbons (Fsp3) is 0.526. The van der Waals surface area contributed by atoms with Crippen molar-refractivity contribution in [2.24, 2.45) is 5.92 Å². The third-order valence-electron chi connectivity index (χ3n) is 4.73. The van der Waals surface area contributed by atoms with E-state index in [2.05, 4.69) is 10.6 Å². The molecule has 2 atom stereocenters. The first kappa shape index (κ1) is 22.7. The molecule has 0 radical (unpaired) electrons. The van der Waals surface area contributed by atoms with E-state index in [4.69, 9.17) is 4.74 Å². The van der Waals surface area contributed by atoms with Gasteiger partial charge in [0, 0.05) is 18.8 Å². The lowest BCUT2D eigenvalue weighted by molar-refractivity contribution is -0.154. The van der Waals surface area contributed by atoms with Crippen molar-refractivity contribution in [1.82, 2.24) is 10.2 Å². The number of hydrogen-bond acceptors (Lipinski definition) is 6. The van der Waals surface area contributed by atoms with Crippen LogP contribution < -0.4 is 10.6 Å². The average molecular weight is 426 g/mol. The van der Waals surface area contributed by atoms with Crippen LogP contribution in [0.5, 0.6) is 0 Å². The topological polar surface area (TPSA) is 122 Å². The molecule has 0 unspecified atom stereocenters. The number of urea groups is 1. The second-order valence-electron chi connectivity index (χ2n) is 7.36. The van der Waals surface area contributed by atoms with Crippen LogP contribution in [-0.2, 0) is 24.2 Å². The Hall–Kier alpha value is -2.62. The minimum atomic E-state index is -3.13. The van der Waals surface area contributed by atoms with Crippen LogP contribution >= 0.6 is 0 Å². The molecule has 0 bridgehead atoms. The van der Waals surface area contributed by atoms with E-state index < -0.39 is 46.4 Å². The van der Waals surface area contributed by atoms with Gasteiger partial charge in [-0.15, -0.1) is 0 Å². The largest absolute Gasteiger partial charge is 0.454 e. The Balaban J connectivity index is 1.87. The number of amides is 3. The highest BCUT2D eigenvalue weighted by Crippen LogP contribution is 2.16. The molecule has 2 rings (SSSR count). The molecule has 3 amide bonds. The van der Waals surface area contributed by atoms with E-state index in [0.29, 0.717) is 12.1 Å². The van der Waals surface area contributed by atoms with Gasteiger partial charge in [0.25, 0.3) is 5.91 Å². The molecule has 1 aliphatic heterocycles. The number of ether oxygens (including phenoxy) is 1. The molecule has 160 valence electrons. The van der Waals surface area contributed by atoms with Gasteiger partial charge in [0.1, 0.15) is 6.04 Å². The van der Waals surface area contributed by atoms with Gasteiger partial charge in [0.2, 0.25) is 0 Å². The maximum atomic E-state index is 12.4. The summed E-state index contributed by atoms with van der Waals surface area (Å²) in [6, 6.07) is 6.84. The number of carbonyl (C=O) groups excluding carboxylic acids is 3. The highest BCUT2D eigenvalue weighted by molar-refractivity contribution is 7.91. The van der Waals surface area contributed by atoms with Gasteiger partial charge in [0.05, 0.1) is 11.5 Å². The minimum absolute atomic E-state index is 0.0466. The molecule has 0 aliphatic carbocycles. The number of nitrogens with one attached hydrogen (secondary N) is 2. The molecule has 2 N–H and O–H groups in total. The number of rotatable bonds is 7. The molecule has 1 saturated heterocycles. The summed E-state index contributed by atoms with van der Waals surface area (Å²) in [5, 5.41) is 5.17. The van der Waals surface area contributed by atoms with Crippen molar-refractivity contribution < 1.29 is 27.5 Å². The lowest BCUT2D eigenvalue weighted by Gasteiger charge is -2.24. The number of nitrogens with zero attached hydrogens (tertiary/aromatic N) is 1. The van der Waals surface area contributed by atoms with Crippen LogP contribution in [0.2, 0.25) is 0 Å². The van der Waals surface area contributed by atoms with Gasteiger partial charge in [-0.2, -0.15) is 0 Å². The lowest BCUT2D eigenvalue weighted by Crippen LogP contribution is -2.48.